The lowest BCUT2D eigenvalue weighted by molar-refractivity contribution is -0.384. The highest BCUT2D eigenvalue weighted by molar-refractivity contribution is 8.14. The molecule has 19 heavy (non-hydrogen) atoms. The van der Waals surface area contributed by atoms with E-state index in [9.17, 15) is 14.9 Å². The molecule has 0 N–H and O–H groups in total. The number of nitro groups is 1. The zero-order valence-electron chi connectivity index (χ0n) is 9.58. The van der Waals surface area contributed by atoms with Gasteiger partial charge in [0.1, 0.15) is 0 Å². The molecule has 4 nitrogen and oxygen atoms in total. The maximum atomic E-state index is 11.9. The summed E-state index contributed by atoms with van der Waals surface area (Å²) in [5.41, 5.74) is 0.538. The van der Waals surface area contributed by atoms with E-state index in [0.29, 0.717) is 15.5 Å². The normalized spacial score (nSPS) is 10.2. The van der Waals surface area contributed by atoms with E-state index in [0.717, 1.165) is 11.8 Å². The van der Waals surface area contributed by atoms with E-state index in [-0.39, 0.29) is 10.8 Å². The van der Waals surface area contributed by atoms with Crippen molar-refractivity contribution in [3.8, 4) is 0 Å². The highest BCUT2D eigenvalue weighted by Gasteiger charge is 2.10. The lowest BCUT2D eigenvalue weighted by Crippen LogP contribution is -1.93. The quantitative estimate of drug-likeness (QED) is 0.484. The second-order valence-corrected chi connectivity index (χ2v) is 5.13. The van der Waals surface area contributed by atoms with Gasteiger partial charge in [-0.2, -0.15) is 0 Å². The zero-order chi connectivity index (χ0) is 13.8. The van der Waals surface area contributed by atoms with Crippen LogP contribution in [0.2, 0.25) is 5.02 Å². The number of thioether (sulfide) groups is 1. The van der Waals surface area contributed by atoms with Crippen molar-refractivity contribution in [1.82, 2.24) is 0 Å². The summed E-state index contributed by atoms with van der Waals surface area (Å²) in [7, 11) is 0. The van der Waals surface area contributed by atoms with Gasteiger partial charge in [-0.05, 0) is 48.2 Å². The fourth-order valence-electron chi connectivity index (χ4n) is 1.39. The first-order valence-corrected chi connectivity index (χ1v) is 6.48. The molecule has 0 unspecified atom stereocenters. The van der Waals surface area contributed by atoms with Crippen molar-refractivity contribution >= 4 is 34.2 Å². The van der Waals surface area contributed by atoms with Crippen molar-refractivity contribution in [2.45, 2.75) is 4.90 Å². The minimum Gasteiger partial charge on any atom is -0.281 e. The minimum atomic E-state index is -0.477. The molecule has 0 radical (unpaired) electrons. The maximum absolute atomic E-state index is 11.9. The first-order chi connectivity index (χ1) is 9.06. The van der Waals surface area contributed by atoms with Crippen molar-refractivity contribution in [3.05, 3.63) is 69.2 Å². The SMILES string of the molecule is O=C(Sc1ccc([N+](=O)[O-])cc1)c1ccc(Cl)cc1. The molecule has 0 fully saturated rings. The summed E-state index contributed by atoms with van der Waals surface area (Å²) in [6, 6.07) is 12.4. The molecule has 0 aliphatic rings. The van der Waals surface area contributed by atoms with Gasteiger partial charge < -0.3 is 0 Å². The molecule has 0 bridgehead atoms. The van der Waals surface area contributed by atoms with Crippen LogP contribution in [0.25, 0.3) is 0 Å². The van der Waals surface area contributed by atoms with Crippen molar-refractivity contribution in [2.24, 2.45) is 0 Å². The lowest BCUT2D eigenvalue weighted by atomic mass is 10.2. The monoisotopic (exact) mass is 293 g/mol. The Morgan fingerprint density at radius 1 is 1.05 bits per heavy atom. The number of nitro benzene ring substituents is 1. The molecule has 0 spiro atoms. The average Bonchev–Trinajstić information content (AvgIpc) is 2.40. The van der Waals surface area contributed by atoms with E-state index >= 15 is 0 Å². The summed E-state index contributed by atoms with van der Waals surface area (Å²) in [6.07, 6.45) is 0. The Hall–Kier alpha value is -1.85. The molecule has 0 aliphatic carbocycles. The van der Waals surface area contributed by atoms with Crippen molar-refractivity contribution in [2.75, 3.05) is 0 Å². The van der Waals surface area contributed by atoms with Crippen molar-refractivity contribution in [3.63, 3.8) is 0 Å². The van der Waals surface area contributed by atoms with E-state index in [1.165, 1.54) is 12.1 Å². The lowest BCUT2D eigenvalue weighted by Gasteiger charge is -2.01. The van der Waals surface area contributed by atoms with Gasteiger partial charge in [-0.25, -0.2) is 0 Å². The summed E-state index contributed by atoms with van der Waals surface area (Å²) in [4.78, 5) is 22.6. The fraction of sp³-hybridized carbons (Fsp3) is 0. The van der Waals surface area contributed by atoms with Gasteiger partial charge in [0.25, 0.3) is 5.69 Å². The largest absolute Gasteiger partial charge is 0.281 e. The highest BCUT2D eigenvalue weighted by atomic mass is 35.5. The first-order valence-electron chi connectivity index (χ1n) is 5.28. The van der Waals surface area contributed by atoms with Crippen LogP contribution in [0.5, 0.6) is 0 Å². The van der Waals surface area contributed by atoms with Crippen LogP contribution in [0, 0.1) is 10.1 Å². The number of halogens is 1. The molecule has 2 rings (SSSR count). The number of rotatable bonds is 3. The third kappa shape index (κ3) is 3.56. The predicted molar refractivity (Wildman–Crippen MR) is 74.7 cm³/mol. The van der Waals surface area contributed by atoms with Gasteiger partial charge in [-0.1, -0.05) is 11.6 Å². The van der Waals surface area contributed by atoms with Crippen LogP contribution < -0.4 is 0 Å². The standard InChI is InChI=1S/C13H8ClNO3S/c14-10-3-1-9(2-4-10)13(16)19-12-7-5-11(6-8-12)15(17)18/h1-8H. The zero-order valence-corrected chi connectivity index (χ0v) is 11.1. The second kappa shape index (κ2) is 5.86. The number of nitrogens with zero attached hydrogens (tertiary/aromatic N) is 1. The van der Waals surface area contributed by atoms with Crippen molar-refractivity contribution < 1.29 is 9.72 Å². The molecule has 0 amide bonds. The number of carbonyl (C=O) groups excluding carboxylic acids is 1. The Labute approximate surface area is 118 Å². The summed E-state index contributed by atoms with van der Waals surface area (Å²) >= 11 is 6.76. The molecule has 0 saturated heterocycles. The molecule has 0 heterocycles. The smallest absolute Gasteiger partial charge is 0.269 e. The Kier molecular flexibility index (Phi) is 4.19. The molecule has 2 aromatic rings. The Morgan fingerprint density at radius 3 is 2.16 bits per heavy atom. The molecule has 0 aromatic heterocycles. The summed E-state index contributed by atoms with van der Waals surface area (Å²) < 4.78 is 0. The van der Waals surface area contributed by atoms with Crippen LogP contribution in [0.15, 0.2) is 53.4 Å². The topological polar surface area (TPSA) is 60.2 Å². The number of hydrogen-bond donors (Lipinski definition) is 0. The van der Waals surface area contributed by atoms with Gasteiger partial charge >= 0.3 is 0 Å². The Balaban J connectivity index is 2.10. The van der Waals surface area contributed by atoms with Crippen LogP contribution in [-0.4, -0.2) is 10.0 Å². The van der Waals surface area contributed by atoms with E-state index in [1.54, 1.807) is 36.4 Å². The fourth-order valence-corrected chi connectivity index (χ4v) is 2.25. The van der Waals surface area contributed by atoms with Crippen LogP contribution in [-0.2, 0) is 0 Å². The number of benzene rings is 2. The van der Waals surface area contributed by atoms with Gasteiger partial charge in [0.05, 0.1) is 4.92 Å². The molecular formula is C13H8ClNO3S. The van der Waals surface area contributed by atoms with Crippen LogP contribution in [0.3, 0.4) is 0 Å². The molecule has 6 heteroatoms. The first kappa shape index (κ1) is 13.6. The Morgan fingerprint density at radius 2 is 1.63 bits per heavy atom. The van der Waals surface area contributed by atoms with Gasteiger partial charge in [0, 0.05) is 27.6 Å². The van der Waals surface area contributed by atoms with E-state index in [2.05, 4.69) is 0 Å². The molecule has 96 valence electrons. The van der Waals surface area contributed by atoms with E-state index in [1.807, 2.05) is 0 Å². The maximum Gasteiger partial charge on any atom is 0.269 e. The summed E-state index contributed by atoms with van der Waals surface area (Å²) in [5, 5.41) is 10.9. The van der Waals surface area contributed by atoms with Gasteiger partial charge in [-0.15, -0.1) is 0 Å². The Bertz CT molecular complexity index is 611. The highest BCUT2D eigenvalue weighted by Crippen LogP contribution is 2.25. The van der Waals surface area contributed by atoms with Gasteiger partial charge in [0.2, 0.25) is 5.12 Å². The minimum absolute atomic E-state index is 0.00305. The molecule has 0 atom stereocenters. The predicted octanol–water partition coefficient (Wildman–Crippen LogP) is 4.18. The van der Waals surface area contributed by atoms with E-state index < -0.39 is 4.92 Å². The average molecular weight is 294 g/mol. The number of non-ortho nitro benzene ring substituents is 1. The van der Waals surface area contributed by atoms with Crippen LogP contribution in [0.1, 0.15) is 10.4 Å². The van der Waals surface area contributed by atoms with Crippen LogP contribution >= 0.6 is 23.4 Å². The van der Waals surface area contributed by atoms with Crippen molar-refractivity contribution in [1.29, 1.82) is 0 Å². The van der Waals surface area contributed by atoms with E-state index in [4.69, 9.17) is 11.6 Å². The third-order valence-corrected chi connectivity index (χ3v) is 3.52. The molecule has 2 aromatic carbocycles. The number of hydrogen-bond acceptors (Lipinski definition) is 4. The second-order valence-electron chi connectivity index (χ2n) is 3.65. The molecule has 0 saturated carbocycles. The summed E-state index contributed by atoms with van der Waals surface area (Å²) in [6.45, 7) is 0. The molecule has 0 aliphatic heterocycles. The van der Waals surface area contributed by atoms with Crippen LogP contribution in [0.4, 0.5) is 5.69 Å². The van der Waals surface area contributed by atoms with Gasteiger partial charge in [0.15, 0.2) is 0 Å². The molecular weight excluding hydrogens is 286 g/mol. The van der Waals surface area contributed by atoms with Gasteiger partial charge in [-0.3, -0.25) is 14.9 Å². The third-order valence-electron chi connectivity index (χ3n) is 2.34. The number of carbonyl (C=O) groups is 1. The summed E-state index contributed by atoms with van der Waals surface area (Å²) in [5.74, 6) is 0.